The van der Waals surface area contributed by atoms with Gasteiger partial charge in [0.25, 0.3) is 0 Å². The second-order valence-corrected chi connectivity index (χ2v) is 5.78. The van der Waals surface area contributed by atoms with Crippen molar-refractivity contribution >= 4 is 0 Å². The summed E-state index contributed by atoms with van der Waals surface area (Å²) < 4.78 is 2.33. The highest BCUT2D eigenvalue weighted by atomic mass is 15.2. The molecule has 98 valence electrons. The van der Waals surface area contributed by atoms with E-state index in [0.29, 0.717) is 0 Å². The van der Waals surface area contributed by atoms with E-state index < -0.39 is 0 Å². The highest BCUT2D eigenvalue weighted by Gasteiger charge is 2.36. The summed E-state index contributed by atoms with van der Waals surface area (Å²) in [5, 5.41) is 0. The summed E-state index contributed by atoms with van der Waals surface area (Å²) in [4.78, 5) is 11.2. The van der Waals surface area contributed by atoms with E-state index in [4.69, 9.17) is 0 Å². The monoisotopic (exact) mass is 254 g/mol. The number of fused-ring (bicyclic) bond motifs is 2. The predicted octanol–water partition coefficient (Wildman–Crippen LogP) is 1.58. The Balaban J connectivity index is 1.46. The molecule has 0 radical (unpaired) electrons. The Labute approximate surface area is 113 Å². The highest BCUT2D eigenvalue weighted by Crippen LogP contribution is 2.32. The zero-order valence-electron chi connectivity index (χ0n) is 10.9. The van der Waals surface area contributed by atoms with Gasteiger partial charge >= 0.3 is 0 Å². The maximum Gasteiger partial charge on any atom is 0.108 e. The number of rotatable bonds is 2. The molecule has 2 aliphatic heterocycles. The fraction of sp³-hybridized carbons (Fsp3) is 0.467. The van der Waals surface area contributed by atoms with Crippen molar-refractivity contribution in [2.45, 2.75) is 19.5 Å². The molecule has 0 unspecified atom stereocenters. The minimum absolute atomic E-state index is 0.784. The van der Waals surface area contributed by atoms with Crippen molar-refractivity contribution in [3.63, 3.8) is 0 Å². The number of aromatic nitrogens is 3. The van der Waals surface area contributed by atoms with Crippen LogP contribution in [0.3, 0.4) is 0 Å². The van der Waals surface area contributed by atoms with Crippen molar-refractivity contribution in [2.24, 2.45) is 11.8 Å². The van der Waals surface area contributed by atoms with Gasteiger partial charge in [-0.1, -0.05) is 6.07 Å². The standard InChI is InChI=1S/C15H18N4/c1-2-12(7-16-3-1)8-18-9-13-6-15-17-4-5-19(15)11-14(13)10-18/h1-5,7,13-14H,6,8-11H2/t13-,14-/m1/s1. The largest absolute Gasteiger partial charge is 0.335 e. The van der Waals surface area contributed by atoms with Crippen LogP contribution in [0.25, 0.3) is 0 Å². The SMILES string of the molecule is c1cncc(CN2C[C@H]3Cc4nccn4C[C@H]3C2)c1. The number of likely N-dealkylation sites (tertiary alicyclic amines) is 1. The first kappa shape index (κ1) is 11.2. The van der Waals surface area contributed by atoms with E-state index in [9.17, 15) is 0 Å². The first-order valence-corrected chi connectivity index (χ1v) is 7.00. The summed E-state index contributed by atoms with van der Waals surface area (Å²) in [6, 6.07) is 4.19. The van der Waals surface area contributed by atoms with Gasteiger partial charge in [-0.25, -0.2) is 4.98 Å². The van der Waals surface area contributed by atoms with E-state index >= 15 is 0 Å². The molecule has 2 aromatic rings. The number of hydrogen-bond acceptors (Lipinski definition) is 3. The van der Waals surface area contributed by atoms with Crippen molar-refractivity contribution in [1.29, 1.82) is 0 Å². The Kier molecular flexibility index (Phi) is 2.62. The van der Waals surface area contributed by atoms with Gasteiger partial charge in [0.15, 0.2) is 0 Å². The molecule has 0 bridgehead atoms. The number of hydrogen-bond donors (Lipinski definition) is 0. The smallest absolute Gasteiger partial charge is 0.108 e. The van der Waals surface area contributed by atoms with Crippen LogP contribution in [0.2, 0.25) is 0 Å². The molecule has 0 aliphatic carbocycles. The molecule has 0 spiro atoms. The van der Waals surface area contributed by atoms with Gasteiger partial charge in [0.1, 0.15) is 5.82 Å². The molecule has 0 N–H and O–H groups in total. The van der Waals surface area contributed by atoms with Crippen LogP contribution in [-0.4, -0.2) is 32.5 Å². The van der Waals surface area contributed by atoms with Gasteiger partial charge in [0.05, 0.1) is 0 Å². The van der Waals surface area contributed by atoms with Crippen LogP contribution in [0, 0.1) is 11.8 Å². The molecular weight excluding hydrogens is 236 g/mol. The van der Waals surface area contributed by atoms with Crippen molar-refractivity contribution in [3.8, 4) is 0 Å². The molecule has 4 heteroatoms. The van der Waals surface area contributed by atoms with Crippen LogP contribution in [0.15, 0.2) is 36.9 Å². The molecule has 2 aromatic heterocycles. The van der Waals surface area contributed by atoms with Gasteiger partial charge in [-0.2, -0.15) is 0 Å². The molecular formula is C15H18N4. The summed E-state index contributed by atoms with van der Waals surface area (Å²) >= 11 is 0. The molecule has 0 aromatic carbocycles. The summed E-state index contributed by atoms with van der Waals surface area (Å²) in [5.41, 5.74) is 1.32. The topological polar surface area (TPSA) is 34.0 Å². The first-order chi connectivity index (χ1) is 9.38. The number of nitrogens with zero attached hydrogens (tertiary/aromatic N) is 4. The van der Waals surface area contributed by atoms with Gasteiger partial charge < -0.3 is 4.57 Å². The Morgan fingerprint density at radius 2 is 2.11 bits per heavy atom. The maximum absolute atomic E-state index is 4.46. The molecule has 2 atom stereocenters. The van der Waals surface area contributed by atoms with Gasteiger partial charge in [-0.05, 0) is 23.5 Å². The molecule has 4 heterocycles. The molecule has 2 aliphatic rings. The highest BCUT2D eigenvalue weighted by molar-refractivity contribution is 5.09. The van der Waals surface area contributed by atoms with E-state index in [1.807, 2.05) is 24.7 Å². The second-order valence-electron chi connectivity index (χ2n) is 5.78. The zero-order valence-corrected chi connectivity index (χ0v) is 10.9. The van der Waals surface area contributed by atoms with Crippen LogP contribution >= 0.6 is 0 Å². The maximum atomic E-state index is 4.46. The summed E-state index contributed by atoms with van der Waals surface area (Å²) in [5.74, 6) is 2.84. The quantitative estimate of drug-likeness (QED) is 0.816. The lowest BCUT2D eigenvalue weighted by molar-refractivity contribution is 0.306. The third kappa shape index (κ3) is 2.06. The zero-order chi connectivity index (χ0) is 12.7. The van der Waals surface area contributed by atoms with Gasteiger partial charge in [0, 0.05) is 57.4 Å². The number of imidazole rings is 1. The summed E-state index contributed by atoms with van der Waals surface area (Å²) in [6.45, 7) is 4.58. The Morgan fingerprint density at radius 3 is 3.00 bits per heavy atom. The average Bonchev–Trinajstić information content (AvgIpc) is 3.01. The number of pyridine rings is 1. The lowest BCUT2D eigenvalue weighted by atomic mass is 9.90. The van der Waals surface area contributed by atoms with Gasteiger partial charge in [-0.3, -0.25) is 9.88 Å². The van der Waals surface area contributed by atoms with E-state index in [0.717, 1.165) is 31.3 Å². The van der Waals surface area contributed by atoms with Gasteiger partial charge in [-0.15, -0.1) is 0 Å². The minimum atomic E-state index is 0.784. The summed E-state index contributed by atoms with van der Waals surface area (Å²) in [7, 11) is 0. The molecule has 1 saturated heterocycles. The van der Waals surface area contributed by atoms with Crippen molar-refractivity contribution in [2.75, 3.05) is 13.1 Å². The predicted molar refractivity (Wildman–Crippen MR) is 72.4 cm³/mol. The van der Waals surface area contributed by atoms with Crippen LogP contribution in [-0.2, 0) is 19.5 Å². The molecule has 19 heavy (non-hydrogen) atoms. The third-order valence-electron chi connectivity index (χ3n) is 4.46. The van der Waals surface area contributed by atoms with Crippen LogP contribution in [0.5, 0.6) is 0 Å². The Hall–Kier alpha value is -1.68. The van der Waals surface area contributed by atoms with E-state index in [2.05, 4.69) is 31.7 Å². The van der Waals surface area contributed by atoms with Crippen molar-refractivity contribution in [3.05, 3.63) is 48.3 Å². The van der Waals surface area contributed by atoms with E-state index in [-0.39, 0.29) is 0 Å². The third-order valence-corrected chi connectivity index (χ3v) is 4.46. The van der Waals surface area contributed by atoms with Crippen LogP contribution < -0.4 is 0 Å². The molecule has 0 saturated carbocycles. The molecule has 1 fully saturated rings. The Morgan fingerprint density at radius 1 is 1.16 bits per heavy atom. The molecule has 0 amide bonds. The van der Waals surface area contributed by atoms with E-state index in [1.165, 1.54) is 24.5 Å². The lowest BCUT2D eigenvalue weighted by Crippen LogP contribution is -2.27. The lowest BCUT2D eigenvalue weighted by Gasteiger charge is -2.25. The Bertz CT molecular complexity index is 534. The van der Waals surface area contributed by atoms with Crippen molar-refractivity contribution < 1.29 is 0 Å². The average molecular weight is 254 g/mol. The summed E-state index contributed by atoms with van der Waals surface area (Å²) in [6.07, 6.45) is 9.01. The van der Waals surface area contributed by atoms with Crippen molar-refractivity contribution in [1.82, 2.24) is 19.4 Å². The molecule has 4 rings (SSSR count). The molecule has 4 nitrogen and oxygen atoms in total. The van der Waals surface area contributed by atoms with Crippen LogP contribution in [0.1, 0.15) is 11.4 Å². The minimum Gasteiger partial charge on any atom is -0.335 e. The fourth-order valence-electron chi connectivity index (χ4n) is 3.54. The normalized spacial score (nSPS) is 26.1. The van der Waals surface area contributed by atoms with Gasteiger partial charge in [0.2, 0.25) is 0 Å². The first-order valence-electron chi connectivity index (χ1n) is 7.00. The second kappa shape index (κ2) is 4.46. The van der Waals surface area contributed by atoms with Crippen LogP contribution in [0.4, 0.5) is 0 Å². The van der Waals surface area contributed by atoms with E-state index in [1.54, 1.807) is 0 Å². The fourth-order valence-corrected chi connectivity index (χ4v) is 3.54.